The van der Waals surface area contributed by atoms with Crippen LogP contribution in [0.1, 0.15) is 21.7 Å². The van der Waals surface area contributed by atoms with E-state index in [1.165, 1.54) is 17.4 Å². The number of aromatic nitrogens is 3. The average molecular weight is 389 g/mol. The van der Waals surface area contributed by atoms with Crippen LogP contribution in [-0.2, 0) is 17.6 Å². The van der Waals surface area contributed by atoms with Crippen molar-refractivity contribution in [3.8, 4) is 10.4 Å². The Balaban J connectivity index is 1.63. The van der Waals surface area contributed by atoms with E-state index in [4.69, 9.17) is 9.52 Å². The summed E-state index contributed by atoms with van der Waals surface area (Å²) in [6.07, 6.45) is -0.0390. The molecule has 4 rings (SSSR count). The molecule has 0 saturated heterocycles. The van der Waals surface area contributed by atoms with Crippen molar-refractivity contribution < 1.29 is 18.7 Å². The molecule has 0 spiro atoms. The molecule has 3 heterocycles. The number of thiophene rings is 1. The zero-order valence-corrected chi connectivity index (χ0v) is 15.2. The van der Waals surface area contributed by atoms with Crippen LogP contribution in [0, 0.1) is 12.7 Å². The van der Waals surface area contributed by atoms with Crippen LogP contribution in [0.3, 0.4) is 0 Å². The van der Waals surface area contributed by atoms with E-state index >= 15 is 0 Å². The number of aryl methyl sites for hydroxylation is 1. The van der Waals surface area contributed by atoms with Crippen LogP contribution in [-0.4, -0.2) is 26.3 Å². The number of carboxylic acid groups (broad SMARTS) is 1. The normalized spacial score (nSPS) is 11.3. The van der Waals surface area contributed by atoms with Gasteiger partial charge in [-0.3, -0.25) is 4.79 Å². The summed E-state index contributed by atoms with van der Waals surface area (Å²) in [4.78, 5) is 17.1. The summed E-state index contributed by atoms with van der Waals surface area (Å²) in [6, 6.07) is 7.12. The first-order chi connectivity index (χ1) is 12.5. The molecule has 1 aromatic carbocycles. The molecule has 1 N–H and O–H groups in total. The Morgan fingerprint density at radius 2 is 2.04 bits per heavy atom. The molecule has 132 valence electrons. The molecule has 0 radical (unpaired) electrons. The highest BCUT2D eigenvalue weighted by Crippen LogP contribution is 2.34. The topological polar surface area (TPSA) is 89.1 Å². The minimum atomic E-state index is -1.04. The molecule has 0 atom stereocenters. The van der Waals surface area contributed by atoms with Gasteiger partial charge in [0.1, 0.15) is 17.2 Å². The molecule has 0 saturated carbocycles. The number of benzene rings is 1. The Kier molecular flexibility index (Phi) is 4.25. The predicted octanol–water partition coefficient (Wildman–Crippen LogP) is 4.07. The number of hydrogen-bond acceptors (Lipinski definition) is 7. The summed E-state index contributed by atoms with van der Waals surface area (Å²) in [5.41, 5.74) is 1.14. The molecule has 0 unspecified atom stereocenters. The van der Waals surface area contributed by atoms with Crippen molar-refractivity contribution in [3.05, 3.63) is 51.7 Å². The first-order valence-electron chi connectivity index (χ1n) is 7.67. The van der Waals surface area contributed by atoms with Gasteiger partial charge >= 0.3 is 5.97 Å². The third kappa shape index (κ3) is 3.35. The average Bonchev–Trinajstić information content (AvgIpc) is 3.26. The van der Waals surface area contributed by atoms with Crippen molar-refractivity contribution in [1.82, 2.24) is 15.2 Å². The fourth-order valence-electron chi connectivity index (χ4n) is 2.53. The highest BCUT2D eigenvalue weighted by atomic mass is 32.1. The lowest BCUT2D eigenvalue weighted by molar-refractivity contribution is -0.136. The van der Waals surface area contributed by atoms with Gasteiger partial charge in [0.15, 0.2) is 0 Å². The lowest BCUT2D eigenvalue weighted by Gasteiger charge is -1.99. The van der Waals surface area contributed by atoms with Crippen LogP contribution in [0.15, 0.2) is 28.7 Å². The van der Waals surface area contributed by atoms with Gasteiger partial charge in [0, 0.05) is 21.4 Å². The number of nitrogens with zero attached hydrogens (tertiary/aromatic N) is 3. The Morgan fingerprint density at radius 1 is 1.23 bits per heavy atom. The third-order valence-electron chi connectivity index (χ3n) is 3.64. The lowest BCUT2D eigenvalue weighted by Crippen LogP contribution is -1.99. The Labute approximate surface area is 155 Å². The van der Waals surface area contributed by atoms with Crippen LogP contribution >= 0.6 is 22.7 Å². The maximum absolute atomic E-state index is 14.5. The third-order valence-corrected chi connectivity index (χ3v) is 5.69. The summed E-state index contributed by atoms with van der Waals surface area (Å²) in [5, 5.41) is 17.0. The summed E-state index contributed by atoms with van der Waals surface area (Å²) < 4.78 is 20.6. The standard InChI is InChI=1S/C17H12FN3O3S2/c1-8-2-3-12(25-8)9-4-13-11(5-10(9)18)19-16(26-13)6-14-20-21-15(24-14)7-17(22)23/h2-5H,6-7H2,1H3,(H,22,23). The van der Waals surface area contributed by atoms with Gasteiger partial charge in [-0.2, -0.15) is 0 Å². The molecule has 3 aromatic heterocycles. The van der Waals surface area contributed by atoms with E-state index in [0.29, 0.717) is 16.1 Å². The predicted molar refractivity (Wildman–Crippen MR) is 96.1 cm³/mol. The molecule has 26 heavy (non-hydrogen) atoms. The van der Waals surface area contributed by atoms with E-state index in [-0.39, 0.29) is 30.4 Å². The molecule has 0 amide bonds. The van der Waals surface area contributed by atoms with Crippen molar-refractivity contribution in [3.63, 3.8) is 0 Å². The smallest absolute Gasteiger partial charge is 0.312 e. The molecular formula is C17H12FN3O3S2. The second-order valence-corrected chi connectivity index (χ2v) is 8.06. The number of fused-ring (bicyclic) bond motifs is 1. The summed E-state index contributed by atoms with van der Waals surface area (Å²) in [5.74, 6) is -1.00. The largest absolute Gasteiger partial charge is 0.481 e. The van der Waals surface area contributed by atoms with Crippen LogP contribution in [0.2, 0.25) is 0 Å². The fourth-order valence-corrected chi connectivity index (χ4v) is 4.39. The zero-order valence-electron chi connectivity index (χ0n) is 13.5. The highest BCUT2D eigenvalue weighted by Gasteiger charge is 2.15. The zero-order chi connectivity index (χ0) is 18.3. The van der Waals surface area contributed by atoms with E-state index in [0.717, 1.165) is 14.5 Å². The van der Waals surface area contributed by atoms with Crippen LogP contribution in [0.25, 0.3) is 20.7 Å². The van der Waals surface area contributed by atoms with Crippen LogP contribution in [0.4, 0.5) is 4.39 Å². The van der Waals surface area contributed by atoms with Gasteiger partial charge < -0.3 is 9.52 Å². The van der Waals surface area contributed by atoms with Crippen molar-refractivity contribution in [2.24, 2.45) is 0 Å². The number of hydrogen-bond donors (Lipinski definition) is 1. The van der Waals surface area contributed by atoms with Gasteiger partial charge in [0.2, 0.25) is 11.8 Å². The van der Waals surface area contributed by atoms with Gasteiger partial charge in [-0.1, -0.05) is 0 Å². The van der Waals surface area contributed by atoms with E-state index < -0.39 is 5.97 Å². The second-order valence-electron chi connectivity index (χ2n) is 5.65. The van der Waals surface area contributed by atoms with E-state index in [1.807, 2.05) is 19.1 Å². The number of aliphatic carboxylic acids is 1. The number of thiazole rings is 1. The van der Waals surface area contributed by atoms with Crippen molar-refractivity contribution >= 4 is 38.9 Å². The number of rotatable bonds is 5. The molecule has 0 aliphatic carbocycles. The Hall–Kier alpha value is -2.65. The number of halogens is 1. The molecule has 0 bridgehead atoms. The maximum Gasteiger partial charge on any atom is 0.312 e. The maximum atomic E-state index is 14.5. The van der Waals surface area contributed by atoms with Gasteiger partial charge in [0.25, 0.3) is 0 Å². The highest BCUT2D eigenvalue weighted by molar-refractivity contribution is 7.18. The minimum absolute atomic E-state index is 0.0509. The molecule has 6 nitrogen and oxygen atoms in total. The van der Waals surface area contributed by atoms with Crippen LogP contribution < -0.4 is 0 Å². The molecule has 4 aromatic rings. The van der Waals surface area contributed by atoms with Crippen molar-refractivity contribution in [2.75, 3.05) is 0 Å². The lowest BCUT2D eigenvalue weighted by atomic mass is 10.1. The summed E-state index contributed by atoms with van der Waals surface area (Å²) in [6.45, 7) is 1.98. The van der Waals surface area contributed by atoms with Gasteiger partial charge in [-0.05, 0) is 25.1 Å². The fraction of sp³-hybridized carbons (Fsp3) is 0.176. The first kappa shape index (κ1) is 16.8. The van der Waals surface area contributed by atoms with Crippen molar-refractivity contribution in [2.45, 2.75) is 19.8 Å². The van der Waals surface area contributed by atoms with Crippen LogP contribution in [0.5, 0.6) is 0 Å². The molecular weight excluding hydrogens is 377 g/mol. The monoisotopic (exact) mass is 389 g/mol. The van der Waals surface area contributed by atoms with E-state index in [2.05, 4.69) is 15.2 Å². The van der Waals surface area contributed by atoms with Gasteiger partial charge in [0.05, 0.1) is 16.6 Å². The minimum Gasteiger partial charge on any atom is -0.481 e. The van der Waals surface area contributed by atoms with Gasteiger partial charge in [-0.25, -0.2) is 9.37 Å². The number of carbonyl (C=O) groups is 1. The Morgan fingerprint density at radius 3 is 2.77 bits per heavy atom. The number of carboxylic acids is 1. The quantitative estimate of drug-likeness (QED) is 0.553. The molecule has 0 aliphatic rings. The van der Waals surface area contributed by atoms with Gasteiger partial charge in [-0.15, -0.1) is 32.9 Å². The van der Waals surface area contributed by atoms with E-state index in [1.54, 1.807) is 17.4 Å². The van der Waals surface area contributed by atoms with Crippen molar-refractivity contribution in [1.29, 1.82) is 0 Å². The second kappa shape index (κ2) is 6.58. The first-order valence-corrected chi connectivity index (χ1v) is 9.30. The molecule has 9 heteroatoms. The SMILES string of the molecule is Cc1ccc(-c2cc3sc(Cc4nnc(CC(=O)O)o4)nc3cc2F)s1. The van der Waals surface area contributed by atoms with E-state index in [9.17, 15) is 9.18 Å². The summed E-state index contributed by atoms with van der Waals surface area (Å²) >= 11 is 2.97. The summed E-state index contributed by atoms with van der Waals surface area (Å²) in [7, 11) is 0. The Bertz CT molecular complexity index is 1120. The molecule has 0 fully saturated rings. The molecule has 0 aliphatic heterocycles.